The average molecular weight is 316 g/mol. The highest BCUT2D eigenvalue weighted by Crippen LogP contribution is 2.44. The average Bonchev–Trinajstić information content (AvgIpc) is 2.83. The molecule has 0 saturated carbocycles. The zero-order valence-electron chi connectivity index (χ0n) is 13.7. The number of phenolic OH excluding ortho intramolecular Hbond substituents is 1. The maximum Gasteiger partial charge on any atom is 0.334 e. The van der Waals surface area contributed by atoms with E-state index in [1.54, 1.807) is 26.8 Å². The van der Waals surface area contributed by atoms with Gasteiger partial charge in [-0.05, 0) is 39.3 Å². The number of aromatic hydroxyl groups is 1. The normalized spacial score (nSPS) is 19.7. The Labute approximate surface area is 135 Å². The van der Waals surface area contributed by atoms with Gasteiger partial charge in [0.2, 0.25) is 0 Å². The number of ether oxygens (including phenoxy) is 2. The van der Waals surface area contributed by atoms with Crippen LogP contribution in [0.2, 0.25) is 0 Å². The van der Waals surface area contributed by atoms with E-state index in [1.807, 2.05) is 0 Å². The van der Waals surface area contributed by atoms with Gasteiger partial charge in [-0.25, -0.2) is 4.79 Å². The lowest BCUT2D eigenvalue weighted by Gasteiger charge is -2.20. The summed E-state index contributed by atoms with van der Waals surface area (Å²) in [5.41, 5.74) is 1.88. The Morgan fingerprint density at radius 1 is 1.30 bits per heavy atom. The van der Waals surface area contributed by atoms with E-state index in [1.165, 1.54) is 19.1 Å². The van der Waals surface area contributed by atoms with Crippen molar-refractivity contribution in [2.24, 2.45) is 0 Å². The van der Waals surface area contributed by atoms with E-state index in [2.05, 4.69) is 6.58 Å². The number of fused-ring (bicyclic) bond motifs is 1. The maximum atomic E-state index is 12.1. The molecule has 0 aromatic heterocycles. The lowest BCUT2D eigenvalue weighted by atomic mass is 9.98. The van der Waals surface area contributed by atoms with Crippen LogP contribution in [0.25, 0.3) is 0 Å². The Kier molecular flexibility index (Phi) is 4.59. The molecule has 2 atom stereocenters. The fourth-order valence-corrected chi connectivity index (χ4v) is 2.36. The van der Waals surface area contributed by atoms with Gasteiger partial charge in [-0.1, -0.05) is 12.7 Å². The van der Waals surface area contributed by atoms with Gasteiger partial charge in [0.15, 0.2) is 18.0 Å². The Balaban J connectivity index is 2.47. The first-order chi connectivity index (χ1) is 10.8. The summed E-state index contributed by atoms with van der Waals surface area (Å²) in [6.45, 7) is 10.4. The molecule has 1 aliphatic rings. The number of carbonyl (C=O) groups excluding carboxylic acids is 2. The molecule has 0 bridgehead atoms. The summed E-state index contributed by atoms with van der Waals surface area (Å²) in [6, 6.07) is 2.89. The molecule has 1 N–H and O–H groups in total. The van der Waals surface area contributed by atoms with Crippen molar-refractivity contribution in [1.82, 2.24) is 0 Å². The minimum absolute atomic E-state index is 0.159. The number of rotatable bonds is 4. The van der Waals surface area contributed by atoms with Crippen molar-refractivity contribution in [2.75, 3.05) is 0 Å². The van der Waals surface area contributed by atoms with Crippen LogP contribution in [0.4, 0.5) is 0 Å². The van der Waals surface area contributed by atoms with Gasteiger partial charge in [0.05, 0.1) is 5.56 Å². The first-order valence-corrected chi connectivity index (χ1v) is 7.30. The van der Waals surface area contributed by atoms with Crippen LogP contribution >= 0.6 is 0 Å². The second kappa shape index (κ2) is 6.28. The number of hydrogen-bond acceptors (Lipinski definition) is 5. The van der Waals surface area contributed by atoms with Crippen molar-refractivity contribution >= 4 is 11.8 Å². The van der Waals surface area contributed by atoms with Crippen molar-refractivity contribution in [3.63, 3.8) is 0 Å². The molecule has 0 saturated heterocycles. The Morgan fingerprint density at radius 2 is 1.96 bits per heavy atom. The van der Waals surface area contributed by atoms with E-state index in [0.29, 0.717) is 22.5 Å². The standard InChI is InChI=1S/C18H20O5/c1-6-10(4)18(21)23-17-13-7-12(11(5)19)14(20)8-15(13)22-16(17)9(2)3/h6-8,16-17,20H,2H2,1,3-5H3/b10-6-/t16-,17+/m0/s1. The summed E-state index contributed by atoms with van der Waals surface area (Å²) in [5.74, 6) is -0.513. The predicted octanol–water partition coefficient (Wildman–Crippen LogP) is 3.48. The summed E-state index contributed by atoms with van der Waals surface area (Å²) in [6.07, 6.45) is 0.399. The SMILES string of the molecule is C=C(C)[C@@H]1Oc2cc(O)c(C(C)=O)cc2[C@H]1OC(=O)/C(C)=C\C. The highest BCUT2D eigenvalue weighted by molar-refractivity contribution is 5.97. The van der Waals surface area contributed by atoms with Gasteiger partial charge in [-0.2, -0.15) is 0 Å². The van der Waals surface area contributed by atoms with Crippen LogP contribution in [0.15, 0.2) is 35.9 Å². The third-order valence-electron chi connectivity index (χ3n) is 3.82. The third kappa shape index (κ3) is 3.13. The predicted molar refractivity (Wildman–Crippen MR) is 85.6 cm³/mol. The summed E-state index contributed by atoms with van der Waals surface area (Å²) >= 11 is 0. The molecule has 23 heavy (non-hydrogen) atoms. The number of allylic oxidation sites excluding steroid dienone is 1. The van der Waals surface area contributed by atoms with Crippen LogP contribution in [-0.2, 0) is 9.53 Å². The van der Waals surface area contributed by atoms with Crippen LogP contribution in [0, 0.1) is 0 Å². The van der Waals surface area contributed by atoms with Crippen molar-refractivity contribution in [1.29, 1.82) is 0 Å². The molecule has 1 aromatic carbocycles. The van der Waals surface area contributed by atoms with E-state index >= 15 is 0 Å². The van der Waals surface area contributed by atoms with Crippen LogP contribution in [-0.4, -0.2) is 23.0 Å². The molecule has 5 heteroatoms. The number of benzene rings is 1. The lowest BCUT2D eigenvalue weighted by Crippen LogP contribution is -2.24. The third-order valence-corrected chi connectivity index (χ3v) is 3.82. The minimum Gasteiger partial charge on any atom is -0.507 e. The molecular weight excluding hydrogens is 296 g/mol. The van der Waals surface area contributed by atoms with Gasteiger partial charge in [0.1, 0.15) is 11.5 Å². The molecule has 2 rings (SSSR count). The van der Waals surface area contributed by atoms with Crippen molar-refractivity contribution in [3.05, 3.63) is 47.1 Å². The summed E-state index contributed by atoms with van der Waals surface area (Å²) in [4.78, 5) is 23.7. The molecule has 1 aromatic rings. The van der Waals surface area contributed by atoms with Gasteiger partial charge in [-0.3, -0.25) is 4.79 Å². The quantitative estimate of drug-likeness (QED) is 0.398. The number of carbonyl (C=O) groups is 2. The van der Waals surface area contributed by atoms with Crippen molar-refractivity contribution in [2.45, 2.75) is 39.9 Å². The highest BCUT2D eigenvalue weighted by Gasteiger charge is 2.39. The summed E-state index contributed by atoms with van der Waals surface area (Å²) in [5, 5.41) is 9.92. The second-order valence-electron chi connectivity index (χ2n) is 5.65. The molecule has 1 aliphatic heterocycles. The largest absolute Gasteiger partial charge is 0.507 e. The van der Waals surface area contributed by atoms with E-state index < -0.39 is 18.2 Å². The molecule has 0 radical (unpaired) electrons. The van der Waals surface area contributed by atoms with Crippen LogP contribution in [0.3, 0.4) is 0 Å². The van der Waals surface area contributed by atoms with E-state index in [9.17, 15) is 14.7 Å². The molecule has 122 valence electrons. The van der Waals surface area contributed by atoms with Crippen LogP contribution in [0.5, 0.6) is 11.5 Å². The lowest BCUT2D eigenvalue weighted by molar-refractivity contribution is -0.146. The highest BCUT2D eigenvalue weighted by atomic mass is 16.6. The molecule has 0 unspecified atom stereocenters. The summed E-state index contributed by atoms with van der Waals surface area (Å²) in [7, 11) is 0. The fourth-order valence-electron chi connectivity index (χ4n) is 2.36. The van der Waals surface area contributed by atoms with Gasteiger partial charge >= 0.3 is 5.97 Å². The van der Waals surface area contributed by atoms with E-state index in [4.69, 9.17) is 9.47 Å². The Bertz CT molecular complexity index is 714. The van der Waals surface area contributed by atoms with Gasteiger partial charge in [-0.15, -0.1) is 0 Å². The van der Waals surface area contributed by atoms with Gasteiger partial charge in [0, 0.05) is 17.2 Å². The van der Waals surface area contributed by atoms with E-state index in [-0.39, 0.29) is 17.1 Å². The Morgan fingerprint density at radius 3 is 2.48 bits per heavy atom. The minimum atomic E-state index is -0.705. The molecular formula is C18H20O5. The topological polar surface area (TPSA) is 72.8 Å². The molecule has 5 nitrogen and oxygen atoms in total. The number of ketones is 1. The number of hydrogen-bond donors (Lipinski definition) is 1. The van der Waals surface area contributed by atoms with Gasteiger partial charge < -0.3 is 14.6 Å². The molecule has 1 heterocycles. The zero-order valence-corrected chi connectivity index (χ0v) is 13.7. The maximum absolute atomic E-state index is 12.1. The summed E-state index contributed by atoms with van der Waals surface area (Å²) < 4.78 is 11.3. The first kappa shape index (κ1) is 16.8. The van der Waals surface area contributed by atoms with Crippen molar-refractivity contribution in [3.8, 4) is 11.5 Å². The smallest absolute Gasteiger partial charge is 0.334 e. The monoisotopic (exact) mass is 316 g/mol. The molecule has 0 spiro atoms. The Hall–Kier alpha value is -2.56. The molecule has 0 fully saturated rings. The molecule has 0 amide bonds. The van der Waals surface area contributed by atoms with Crippen molar-refractivity contribution < 1.29 is 24.2 Å². The fraction of sp³-hybridized carbons (Fsp3) is 0.333. The first-order valence-electron chi connectivity index (χ1n) is 7.30. The number of Topliss-reactive ketones (excluding diaryl/α,β-unsaturated/α-hetero) is 1. The molecule has 0 aliphatic carbocycles. The van der Waals surface area contributed by atoms with Crippen LogP contribution in [0.1, 0.15) is 49.7 Å². The van der Waals surface area contributed by atoms with Crippen LogP contribution < -0.4 is 4.74 Å². The zero-order chi connectivity index (χ0) is 17.3. The number of esters is 1. The van der Waals surface area contributed by atoms with Gasteiger partial charge in [0.25, 0.3) is 0 Å². The van der Waals surface area contributed by atoms with E-state index in [0.717, 1.165) is 0 Å². The number of phenols is 1. The second-order valence-corrected chi connectivity index (χ2v) is 5.65.